The highest BCUT2D eigenvalue weighted by molar-refractivity contribution is 7.13. The fourth-order valence-electron chi connectivity index (χ4n) is 2.32. The number of ether oxygens (including phenoxy) is 1. The third-order valence-corrected chi connectivity index (χ3v) is 4.27. The summed E-state index contributed by atoms with van der Waals surface area (Å²) in [5, 5.41) is 0. The summed E-state index contributed by atoms with van der Waals surface area (Å²) in [5.41, 5.74) is 0. The number of piperidine rings is 1. The average molecular weight is 281 g/mol. The van der Waals surface area contributed by atoms with Gasteiger partial charge in [0.1, 0.15) is 0 Å². The van der Waals surface area contributed by atoms with E-state index in [1.807, 2.05) is 19.1 Å². The van der Waals surface area contributed by atoms with Crippen LogP contribution in [0.5, 0.6) is 0 Å². The molecule has 0 saturated carbocycles. The van der Waals surface area contributed by atoms with Gasteiger partial charge in [0.05, 0.1) is 17.4 Å². The molecule has 4 nitrogen and oxygen atoms in total. The van der Waals surface area contributed by atoms with E-state index < -0.39 is 0 Å². The zero-order valence-corrected chi connectivity index (χ0v) is 12.2. The monoisotopic (exact) mass is 281 g/mol. The second-order valence-electron chi connectivity index (χ2n) is 4.75. The van der Waals surface area contributed by atoms with Crippen LogP contribution >= 0.6 is 11.3 Å². The number of thiophene rings is 1. The van der Waals surface area contributed by atoms with E-state index in [4.69, 9.17) is 4.74 Å². The van der Waals surface area contributed by atoms with Gasteiger partial charge in [0, 0.05) is 18.0 Å². The molecule has 2 rings (SSSR count). The highest BCUT2D eigenvalue weighted by Crippen LogP contribution is 2.22. The highest BCUT2D eigenvalue weighted by Gasteiger charge is 2.30. The van der Waals surface area contributed by atoms with Crippen LogP contribution in [-0.4, -0.2) is 36.5 Å². The van der Waals surface area contributed by atoms with Crippen LogP contribution in [0.1, 0.15) is 34.3 Å². The van der Waals surface area contributed by atoms with Crippen LogP contribution < -0.4 is 0 Å². The van der Waals surface area contributed by atoms with Gasteiger partial charge in [-0.15, -0.1) is 11.3 Å². The summed E-state index contributed by atoms with van der Waals surface area (Å²) in [6.07, 6.45) is 1.67. The molecule has 0 spiro atoms. The van der Waals surface area contributed by atoms with Gasteiger partial charge in [-0.1, -0.05) is 0 Å². The van der Waals surface area contributed by atoms with Crippen LogP contribution in [0.4, 0.5) is 0 Å². The normalized spacial score (nSPS) is 19.3. The smallest absolute Gasteiger partial charge is 0.310 e. The quantitative estimate of drug-likeness (QED) is 0.800. The molecule has 1 aromatic heterocycles. The first-order valence-corrected chi connectivity index (χ1v) is 7.45. The largest absolute Gasteiger partial charge is 0.466 e. The third-order valence-electron chi connectivity index (χ3n) is 3.28. The molecule has 2 heterocycles. The standard InChI is InChI=1S/C14H19NO3S/c1-3-18-14(17)11-5-4-8-15(9-11)13(16)12-7-6-10(2)19-12/h6-7,11H,3-5,8-9H2,1-2H3/t11-/m0/s1. The number of esters is 1. The number of rotatable bonds is 3. The Morgan fingerprint density at radius 3 is 2.89 bits per heavy atom. The molecule has 1 amide bonds. The lowest BCUT2D eigenvalue weighted by atomic mass is 9.98. The summed E-state index contributed by atoms with van der Waals surface area (Å²) in [4.78, 5) is 27.7. The Bertz CT molecular complexity index is 469. The average Bonchev–Trinajstić information content (AvgIpc) is 2.85. The lowest BCUT2D eigenvalue weighted by molar-refractivity contribution is -0.149. The van der Waals surface area contributed by atoms with E-state index in [1.54, 1.807) is 11.8 Å². The van der Waals surface area contributed by atoms with Crippen LogP contribution in [0, 0.1) is 12.8 Å². The maximum absolute atomic E-state index is 12.3. The Balaban J connectivity index is 2.01. The zero-order valence-electron chi connectivity index (χ0n) is 11.3. The molecule has 1 aliphatic rings. The van der Waals surface area contributed by atoms with Gasteiger partial charge in [0.15, 0.2) is 0 Å². The maximum atomic E-state index is 12.3. The van der Waals surface area contributed by atoms with Crippen LogP contribution in [0.3, 0.4) is 0 Å². The summed E-state index contributed by atoms with van der Waals surface area (Å²) < 4.78 is 5.04. The SMILES string of the molecule is CCOC(=O)[C@H]1CCCN(C(=O)c2ccc(C)s2)C1. The number of amides is 1. The molecule has 1 aromatic rings. The van der Waals surface area contributed by atoms with Crippen molar-refractivity contribution in [2.45, 2.75) is 26.7 Å². The molecule has 0 N–H and O–H groups in total. The number of hydrogen-bond acceptors (Lipinski definition) is 4. The molecular formula is C14H19NO3S. The van der Waals surface area contributed by atoms with Gasteiger partial charge in [0.25, 0.3) is 5.91 Å². The molecule has 0 unspecified atom stereocenters. The van der Waals surface area contributed by atoms with Gasteiger partial charge in [-0.3, -0.25) is 9.59 Å². The minimum absolute atomic E-state index is 0.0344. The Labute approximate surface area is 117 Å². The fourth-order valence-corrected chi connectivity index (χ4v) is 3.15. The Kier molecular flexibility index (Phi) is 4.58. The Morgan fingerprint density at radius 1 is 1.47 bits per heavy atom. The number of nitrogens with zero attached hydrogens (tertiary/aromatic N) is 1. The Morgan fingerprint density at radius 2 is 2.26 bits per heavy atom. The van der Waals surface area contributed by atoms with Crippen LogP contribution in [0.15, 0.2) is 12.1 Å². The predicted octanol–water partition coefficient (Wildman–Crippen LogP) is 2.47. The molecule has 1 saturated heterocycles. The lowest BCUT2D eigenvalue weighted by Crippen LogP contribution is -2.42. The number of aryl methyl sites for hydroxylation is 1. The summed E-state index contributed by atoms with van der Waals surface area (Å²) >= 11 is 1.50. The van der Waals surface area contributed by atoms with Crippen molar-refractivity contribution in [2.75, 3.05) is 19.7 Å². The first kappa shape index (κ1) is 14.1. The number of carbonyl (C=O) groups excluding carboxylic acids is 2. The first-order chi connectivity index (χ1) is 9.11. The van der Waals surface area contributed by atoms with Crippen molar-refractivity contribution in [1.82, 2.24) is 4.90 Å². The topological polar surface area (TPSA) is 46.6 Å². The van der Waals surface area contributed by atoms with Crippen LogP contribution in [0.25, 0.3) is 0 Å². The Hall–Kier alpha value is -1.36. The molecule has 104 valence electrons. The van der Waals surface area contributed by atoms with Crippen molar-refractivity contribution in [2.24, 2.45) is 5.92 Å². The summed E-state index contributed by atoms with van der Waals surface area (Å²) in [5.74, 6) is -0.312. The number of carbonyl (C=O) groups is 2. The summed E-state index contributed by atoms with van der Waals surface area (Å²) in [6.45, 7) is 5.39. The molecule has 0 aromatic carbocycles. The predicted molar refractivity (Wildman–Crippen MR) is 74.3 cm³/mol. The van der Waals surface area contributed by atoms with Crippen molar-refractivity contribution < 1.29 is 14.3 Å². The summed E-state index contributed by atoms with van der Waals surface area (Å²) in [7, 11) is 0. The molecule has 19 heavy (non-hydrogen) atoms. The number of likely N-dealkylation sites (tertiary alicyclic amines) is 1. The third kappa shape index (κ3) is 3.35. The zero-order chi connectivity index (χ0) is 13.8. The van der Waals surface area contributed by atoms with Crippen molar-refractivity contribution in [3.8, 4) is 0 Å². The molecule has 0 bridgehead atoms. The number of hydrogen-bond donors (Lipinski definition) is 0. The van der Waals surface area contributed by atoms with Gasteiger partial charge < -0.3 is 9.64 Å². The lowest BCUT2D eigenvalue weighted by Gasteiger charge is -2.31. The molecular weight excluding hydrogens is 262 g/mol. The van der Waals surface area contributed by atoms with Crippen molar-refractivity contribution in [3.05, 3.63) is 21.9 Å². The van der Waals surface area contributed by atoms with Gasteiger partial charge in [-0.05, 0) is 38.8 Å². The van der Waals surface area contributed by atoms with Crippen molar-refractivity contribution in [1.29, 1.82) is 0 Å². The van der Waals surface area contributed by atoms with Crippen molar-refractivity contribution in [3.63, 3.8) is 0 Å². The molecule has 5 heteroatoms. The van der Waals surface area contributed by atoms with Gasteiger partial charge in [0.2, 0.25) is 0 Å². The minimum Gasteiger partial charge on any atom is -0.466 e. The van der Waals surface area contributed by atoms with E-state index in [2.05, 4.69) is 0 Å². The van der Waals surface area contributed by atoms with Gasteiger partial charge in [-0.2, -0.15) is 0 Å². The first-order valence-electron chi connectivity index (χ1n) is 6.64. The molecule has 0 radical (unpaired) electrons. The van der Waals surface area contributed by atoms with Crippen LogP contribution in [0.2, 0.25) is 0 Å². The second kappa shape index (κ2) is 6.19. The van der Waals surface area contributed by atoms with E-state index in [0.29, 0.717) is 13.2 Å². The molecule has 0 aliphatic carbocycles. The van der Waals surface area contributed by atoms with E-state index in [-0.39, 0.29) is 17.8 Å². The summed E-state index contributed by atoms with van der Waals surface area (Å²) in [6, 6.07) is 3.81. The van der Waals surface area contributed by atoms with E-state index in [1.165, 1.54) is 11.3 Å². The van der Waals surface area contributed by atoms with Gasteiger partial charge >= 0.3 is 5.97 Å². The molecule has 1 aliphatic heterocycles. The minimum atomic E-state index is -0.178. The fraction of sp³-hybridized carbons (Fsp3) is 0.571. The van der Waals surface area contributed by atoms with Crippen LogP contribution in [-0.2, 0) is 9.53 Å². The van der Waals surface area contributed by atoms with Gasteiger partial charge in [-0.25, -0.2) is 0 Å². The van der Waals surface area contributed by atoms with E-state index in [0.717, 1.165) is 29.1 Å². The van der Waals surface area contributed by atoms with E-state index in [9.17, 15) is 9.59 Å². The maximum Gasteiger partial charge on any atom is 0.310 e. The van der Waals surface area contributed by atoms with Crippen molar-refractivity contribution >= 4 is 23.2 Å². The molecule has 1 fully saturated rings. The molecule has 1 atom stereocenters. The van der Waals surface area contributed by atoms with E-state index >= 15 is 0 Å². The highest BCUT2D eigenvalue weighted by atomic mass is 32.1. The second-order valence-corrected chi connectivity index (χ2v) is 6.04.